The molecule has 0 saturated heterocycles. The lowest BCUT2D eigenvalue weighted by Crippen LogP contribution is -2.39. The SMILES string of the molecule is CCNC(=NCC(C)(C)c1cccc(F)c1)N(C)Cc1csc(C(C)OC)n1. The van der Waals surface area contributed by atoms with Gasteiger partial charge < -0.3 is 15.0 Å². The minimum atomic E-state index is -0.273. The molecule has 7 heteroatoms. The van der Waals surface area contributed by atoms with Crippen molar-refractivity contribution in [2.45, 2.75) is 45.8 Å². The van der Waals surface area contributed by atoms with Gasteiger partial charge in [0, 0.05) is 31.5 Å². The number of benzene rings is 1. The number of hydrogen-bond acceptors (Lipinski definition) is 4. The molecule has 0 bridgehead atoms. The van der Waals surface area contributed by atoms with Crippen LogP contribution in [0, 0.1) is 5.82 Å². The molecule has 1 atom stereocenters. The molecule has 28 heavy (non-hydrogen) atoms. The number of thiazole rings is 1. The zero-order valence-corrected chi connectivity index (χ0v) is 18.4. The van der Waals surface area contributed by atoms with Gasteiger partial charge in [-0.2, -0.15) is 0 Å². The Morgan fingerprint density at radius 1 is 1.43 bits per heavy atom. The first-order valence-corrected chi connectivity index (χ1v) is 10.4. The maximum Gasteiger partial charge on any atom is 0.194 e. The molecule has 0 radical (unpaired) electrons. The summed E-state index contributed by atoms with van der Waals surface area (Å²) in [6, 6.07) is 6.74. The lowest BCUT2D eigenvalue weighted by atomic mass is 9.85. The fraction of sp³-hybridized carbons (Fsp3) is 0.524. The highest BCUT2D eigenvalue weighted by molar-refractivity contribution is 7.09. The summed E-state index contributed by atoms with van der Waals surface area (Å²) in [4.78, 5) is 11.5. The summed E-state index contributed by atoms with van der Waals surface area (Å²) in [7, 11) is 3.68. The van der Waals surface area contributed by atoms with Crippen molar-refractivity contribution >= 4 is 17.3 Å². The second-order valence-corrected chi connectivity index (χ2v) is 8.37. The van der Waals surface area contributed by atoms with E-state index in [2.05, 4.69) is 34.4 Å². The number of hydrogen-bond donors (Lipinski definition) is 1. The normalized spacial score (nSPS) is 13.5. The van der Waals surface area contributed by atoms with E-state index in [9.17, 15) is 4.39 Å². The lowest BCUT2D eigenvalue weighted by molar-refractivity contribution is 0.119. The molecule has 2 aromatic rings. The van der Waals surface area contributed by atoms with E-state index >= 15 is 0 Å². The van der Waals surface area contributed by atoms with E-state index in [1.54, 1.807) is 30.6 Å². The highest BCUT2D eigenvalue weighted by Crippen LogP contribution is 2.24. The van der Waals surface area contributed by atoms with E-state index < -0.39 is 0 Å². The summed E-state index contributed by atoms with van der Waals surface area (Å²) in [5, 5.41) is 6.36. The van der Waals surface area contributed by atoms with E-state index in [4.69, 9.17) is 9.73 Å². The highest BCUT2D eigenvalue weighted by atomic mass is 32.1. The summed E-state index contributed by atoms with van der Waals surface area (Å²) in [5.41, 5.74) is 1.65. The molecule has 0 fully saturated rings. The minimum Gasteiger partial charge on any atom is -0.375 e. The van der Waals surface area contributed by atoms with E-state index in [1.807, 2.05) is 27.0 Å². The Hall–Kier alpha value is -1.99. The first-order valence-electron chi connectivity index (χ1n) is 9.49. The van der Waals surface area contributed by atoms with Gasteiger partial charge in [0.05, 0.1) is 18.8 Å². The van der Waals surface area contributed by atoms with Gasteiger partial charge in [0.15, 0.2) is 5.96 Å². The van der Waals surface area contributed by atoms with E-state index in [0.29, 0.717) is 13.1 Å². The van der Waals surface area contributed by atoms with Crippen molar-refractivity contribution in [1.29, 1.82) is 0 Å². The molecule has 0 aliphatic rings. The van der Waals surface area contributed by atoms with Crippen molar-refractivity contribution in [3.05, 3.63) is 51.7 Å². The van der Waals surface area contributed by atoms with Gasteiger partial charge >= 0.3 is 0 Å². The third kappa shape index (κ3) is 6.01. The lowest BCUT2D eigenvalue weighted by Gasteiger charge is -2.26. The van der Waals surface area contributed by atoms with Crippen molar-refractivity contribution < 1.29 is 9.13 Å². The van der Waals surface area contributed by atoms with Gasteiger partial charge in [-0.3, -0.25) is 4.99 Å². The van der Waals surface area contributed by atoms with Crippen LogP contribution in [0.3, 0.4) is 0 Å². The largest absolute Gasteiger partial charge is 0.375 e. The molecule has 1 aromatic carbocycles. The fourth-order valence-electron chi connectivity index (χ4n) is 2.74. The Labute approximate surface area is 171 Å². The van der Waals surface area contributed by atoms with Crippen LogP contribution in [0.15, 0.2) is 34.6 Å². The number of rotatable bonds is 8. The predicted octanol–water partition coefficient (Wildman–Crippen LogP) is 4.36. The number of aliphatic imine (C=N–C) groups is 1. The number of nitrogens with one attached hydrogen (secondary N) is 1. The van der Waals surface area contributed by atoms with Gasteiger partial charge in [-0.1, -0.05) is 26.0 Å². The first kappa shape index (κ1) is 22.3. The van der Waals surface area contributed by atoms with Gasteiger partial charge in [-0.15, -0.1) is 11.3 Å². The van der Waals surface area contributed by atoms with Gasteiger partial charge in [0.25, 0.3) is 0 Å². The molecular formula is C21H31FN4OS. The molecule has 1 heterocycles. The van der Waals surface area contributed by atoms with Crippen molar-refractivity contribution in [2.75, 3.05) is 27.2 Å². The van der Waals surface area contributed by atoms with Crippen LogP contribution in [-0.2, 0) is 16.7 Å². The Kier molecular flexibility index (Phi) is 7.95. The summed E-state index contributed by atoms with van der Waals surface area (Å²) in [6.07, 6.45) is -0.00183. The smallest absolute Gasteiger partial charge is 0.194 e. The molecule has 0 spiro atoms. The molecular weight excluding hydrogens is 375 g/mol. The average molecular weight is 407 g/mol. The minimum absolute atomic E-state index is 0.00183. The van der Waals surface area contributed by atoms with Crippen LogP contribution in [-0.4, -0.2) is 43.1 Å². The molecule has 0 aliphatic carbocycles. The van der Waals surface area contributed by atoms with E-state index in [0.717, 1.165) is 28.8 Å². The Balaban J connectivity index is 2.11. The monoisotopic (exact) mass is 406 g/mol. The van der Waals surface area contributed by atoms with Crippen LogP contribution in [0.25, 0.3) is 0 Å². The molecule has 2 rings (SSSR count). The Morgan fingerprint density at radius 2 is 2.18 bits per heavy atom. The van der Waals surface area contributed by atoms with E-state index in [1.165, 1.54) is 6.07 Å². The average Bonchev–Trinajstić information content (AvgIpc) is 3.12. The quantitative estimate of drug-likeness (QED) is 0.523. The zero-order chi connectivity index (χ0) is 20.7. The van der Waals surface area contributed by atoms with Gasteiger partial charge in [0.1, 0.15) is 16.9 Å². The van der Waals surface area contributed by atoms with Crippen LogP contribution >= 0.6 is 11.3 Å². The molecule has 0 saturated carbocycles. The summed E-state index contributed by atoms with van der Waals surface area (Å²) in [6.45, 7) is 10.2. The maximum absolute atomic E-state index is 13.6. The topological polar surface area (TPSA) is 49.8 Å². The van der Waals surface area contributed by atoms with E-state index in [-0.39, 0.29) is 17.3 Å². The van der Waals surface area contributed by atoms with Crippen molar-refractivity contribution in [3.63, 3.8) is 0 Å². The van der Waals surface area contributed by atoms with Crippen LogP contribution in [0.1, 0.15) is 50.1 Å². The van der Waals surface area contributed by atoms with Crippen molar-refractivity contribution in [3.8, 4) is 0 Å². The van der Waals surface area contributed by atoms with Crippen molar-refractivity contribution in [2.24, 2.45) is 4.99 Å². The standard InChI is InChI=1S/C21H31FN4OS/c1-7-23-20(24-14-21(3,4)16-9-8-10-17(22)11-16)26(5)12-18-13-28-19(25-18)15(2)27-6/h8-11,13,15H,7,12,14H2,1-6H3,(H,23,24). The third-order valence-corrected chi connectivity index (χ3v) is 5.65. The fourth-order valence-corrected chi connectivity index (χ4v) is 3.59. The molecule has 1 aromatic heterocycles. The summed E-state index contributed by atoms with van der Waals surface area (Å²) < 4.78 is 18.9. The van der Waals surface area contributed by atoms with Crippen LogP contribution < -0.4 is 5.32 Å². The number of methoxy groups -OCH3 is 1. The van der Waals surface area contributed by atoms with Crippen LogP contribution in [0.5, 0.6) is 0 Å². The third-order valence-electron chi connectivity index (χ3n) is 4.60. The number of aromatic nitrogens is 1. The number of ether oxygens (including phenoxy) is 1. The van der Waals surface area contributed by atoms with Gasteiger partial charge in [-0.25, -0.2) is 9.37 Å². The Morgan fingerprint density at radius 3 is 2.82 bits per heavy atom. The summed E-state index contributed by atoms with van der Waals surface area (Å²) >= 11 is 1.61. The van der Waals surface area contributed by atoms with Gasteiger partial charge in [0.2, 0.25) is 0 Å². The molecule has 5 nitrogen and oxygen atoms in total. The molecule has 1 N–H and O–H groups in total. The van der Waals surface area contributed by atoms with Gasteiger partial charge in [-0.05, 0) is 31.5 Å². The molecule has 1 unspecified atom stereocenters. The zero-order valence-electron chi connectivity index (χ0n) is 17.6. The second kappa shape index (κ2) is 9.98. The Bertz CT molecular complexity index is 790. The van der Waals surface area contributed by atoms with Crippen LogP contribution in [0.4, 0.5) is 4.39 Å². The first-order chi connectivity index (χ1) is 13.3. The maximum atomic E-state index is 13.6. The predicted molar refractivity (Wildman–Crippen MR) is 114 cm³/mol. The summed E-state index contributed by atoms with van der Waals surface area (Å²) in [5.74, 6) is 0.588. The molecule has 0 amide bonds. The highest BCUT2D eigenvalue weighted by Gasteiger charge is 2.21. The van der Waals surface area contributed by atoms with Crippen LogP contribution in [0.2, 0.25) is 0 Å². The number of halogens is 1. The molecule has 154 valence electrons. The number of nitrogens with zero attached hydrogens (tertiary/aromatic N) is 3. The number of guanidine groups is 1. The molecule has 0 aliphatic heterocycles. The van der Waals surface area contributed by atoms with Crippen molar-refractivity contribution in [1.82, 2.24) is 15.2 Å². The second-order valence-electron chi connectivity index (χ2n) is 7.48.